The van der Waals surface area contributed by atoms with Crippen LogP contribution in [-0.2, 0) is 24.2 Å². The van der Waals surface area contributed by atoms with Crippen molar-refractivity contribution in [3.05, 3.63) is 21.7 Å². The SMILES string of the molecule is NCCc1nc(=S)[nH]c2c1CCOC2. The van der Waals surface area contributed by atoms with Gasteiger partial charge in [-0.2, -0.15) is 0 Å². The lowest BCUT2D eigenvalue weighted by Crippen LogP contribution is -2.17. The second-order valence-electron chi connectivity index (χ2n) is 3.29. The molecule has 2 rings (SSSR count). The molecule has 1 aromatic heterocycles. The van der Waals surface area contributed by atoms with E-state index in [9.17, 15) is 0 Å². The van der Waals surface area contributed by atoms with E-state index in [4.69, 9.17) is 22.7 Å². The molecule has 0 saturated heterocycles. The zero-order chi connectivity index (χ0) is 9.97. The Morgan fingerprint density at radius 1 is 1.57 bits per heavy atom. The van der Waals surface area contributed by atoms with E-state index >= 15 is 0 Å². The minimum Gasteiger partial charge on any atom is -0.375 e. The Labute approximate surface area is 87.5 Å². The normalized spacial score (nSPS) is 15.2. The van der Waals surface area contributed by atoms with Gasteiger partial charge in [-0.1, -0.05) is 0 Å². The molecule has 1 aliphatic heterocycles. The highest BCUT2D eigenvalue weighted by Gasteiger charge is 2.14. The van der Waals surface area contributed by atoms with Crippen LogP contribution in [0.5, 0.6) is 0 Å². The van der Waals surface area contributed by atoms with E-state index in [1.807, 2.05) is 0 Å². The number of nitrogens with two attached hydrogens (primary N) is 1. The Kier molecular flexibility index (Phi) is 2.90. The predicted molar refractivity (Wildman–Crippen MR) is 55.5 cm³/mol. The molecule has 4 nitrogen and oxygen atoms in total. The average molecular weight is 211 g/mol. The van der Waals surface area contributed by atoms with Crippen molar-refractivity contribution in [2.75, 3.05) is 13.2 Å². The van der Waals surface area contributed by atoms with Crippen molar-refractivity contribution in [3.63, 3.8) is 0 Å². The third-order valence-electron chi connectivity index (χ3n) is 2.33. The first-order chi connectivity index (χ1) is 6.81. The number of nitrogens with zero attached hydrogens (tertiary/aromatic N) is 1. The smallest absolute Gasteiger partial charge is 0.197 e. The maximum absolute atomic E-state index is 5.53. The van der Waals surface area contributed by atoms with Crippen LogP contribution in [0.4, 0.5) is 0 Å². The summed E-state index contributed by atoms with van der Waals surface area (Å²) in [5.74, 6) is 0. The molecule has 2 heterocycles. The van der Waals surface area contributed by atoms with Gasteiger partial charge >= 0.3 is 0 Å². The predicted octanol–water partition coefficient (Wildman–Crippen LogP) is 0.713. The molecule has 14 heavy (non-hydrogen) atoms. The van der Waals surface area contributed by atoms with E-state index in [2.05, 4.69) is 9.97 Å². The highest BCUT2D eigenvalue weighted by atomic mass is 32.1. The minimum atomic E-state index is 0.526. The van der Waals surface area contributed by atoms with Crippen LogP contribution in [0.15, 0.2) is 0 Å². The van der Waals surface area contributed by atoms with E-state index in [-0.39, 0.29) is 0 Å². The number of rotatable bonds is 2. The van der Waals surface area contributed by atoms with Crippen molar-refractivity contribution in [3.8, 4) is 0 Å². The number of ether oxygens (including phenoxy) is 1. The van der Waals surface area contributed by atoms with E-state index in [1.54, 1.807) is 0 Å². The monoisotopic (exact) mass is 211 g/mol. The summed E-state index contributed by atoms with van der Waals surface area (Å²) in [5, 5.41) is 0. The Hall–Kier alpha value is -0.780. The van der Waals surface area contributed by atoms with Gasteiger partial charge in [-0.05, 0) is 30.7 Å². The van der Waals surface area contributed by atoms with Gasteiger partial charge in [0.25, 0.3) is 0 Å². The molecule has 0 saturated carbocycles. The highest BCUT2D eigenvalue weighted by Crippen LogP contribution is 2.17. The standard InChI is InChI=1S/C9H13N3OS/c10-3-1-7-6-2-4-13-5-8(6)12-9(14)11-7/h1-5,10H2,(H,11,12,14). The zero-order valence-electron chi connectivity index (χ0n) is 7.88. The van der Waals surface area contributed by atoms with Crippen molar-refractivity contribution in [2.24, 2.45) is 5.73 Å². The molecule has 5 heteroatoms. The third-order valence-corrected chi connectivity index (χ3v) is 2.52. The topological polar surface area (TPSA) is 63.9 Å². The molecule has 1 aromatic rings. The fourth-order valence-electron chi connectivity index (χ4n) is 1.71. The van der Waals surface area contributed by atoms with Gasteiger partial charge in [0.1, 0.15) is 0 Å². The van der Waals surface area contributed by atoms with Crippen molar-refractivity contribution in [1.29, 1.82) is 0 Å². The first-order valence-corrected chi connectivity index (χ1v) is 5.11. The molecule has 0 aliphatic carbocycles. The van der Waals surface area contributed by atoms with Crippen LogP contribution in [0.1, 0.15) is 17.0 Å². The number of aromatic amines is 1. The van der Waals surface area contributed by atoms with E-state index in [1.165, 1.54) is 5.56 Å². The maximum Gasteiger partial charge on any atom is 0.197 e. The Balaban J connectivity index is 2.47. The lowest BCUT2D eigenvalue weighted by Gasteiger charge is -2.18. The van der Waals surface area contributed by atoms with Crippen molar-refractivity contribution in [2.45, 2.75) is 19.4 Å². The van der Waals surface area contributed by atoms with Crippen LogP contribution in [0.3, 0.4) is 0 Å². The summed E-state index contributed by atoms with van der Waals surface area (Å²) in [5.41, 5.74) is 8.88. The quantitative estimate of drug-likeness (QED) is 0.707. The van der Waals surface area contributed by atoms with Crippen LogP contribution >= 0.6 is 12.2 Å². The number of fused-ring (bicyclic) bond motifs is 1. The van der Waals surface area contributed by atoms with Gasteiger partial charge in [-0.25, -0.2) is 4.98 Å². The maximum atomic E-state index is 5.53. The molecular formula is C9H13N3OS. The number of aromatic nitrogens is 2. The number of H-pyrrole nitrogens is 1. The molecule has 3 N–H and O–H groups in total. The summed E-state index contributed by atoms with van der Waals surface area (Å²) in [6, 6.07) is 0. The summed E-state index contributed by atoms with van der Waals surface area (Å²) in [6.07, 6.45) is 1.70. The second-order valence-corrected chi connectivity index (χ2v) is 3.67. The van der Waals surface area contributed by atoms with E-state index in [0.29, 0.717) is 17.9 Å². The molecule has 0 unspecified atom stereocenters. The average Bonchev–Trinajstić information content (AvgIpc) is 2.18. The summed E-state index contributed by atoms with van der Waals surface area (Å²) in [4.78, 5) is 7.36. The van der Waals surface area contributed by atoms with E-state index < -0.39 is 0 Å². The van der Waals surface area contributed by atoms with Gasteiger partial charge in [0.05, 0.1) is 18.9 Å². The summed E-state index contributed by atoms with van der Waals surface area (Å²) >= 11 is 5.04. The van der Waals surface area contributed by atoms with Crippen molar-refractivity contribution in [1.82, 2.24) is 9.97 Å². The van der Waals surface area contributed by atoms with Gasteiger partial charge in [0, 0.05) is 12.1 Å². The molecule has 0 aromatic carbocycles. The van der Waals surface area contributed by atoms with Crippen LogP contribution < -0.4 is 5.73 Å². The molecule has 0 atom stereocenters. The zero-order valence-corrected chi connectivity index (χ0v) is 8.69. The van der Waals surface area contributed by atoms with Gasteiger partial charge < -0.3 is 15.5 Å². The molecule has 76 valence electrons. The highest BCUT2D eigenvalue weighted by molar-refractivity contribution is 7.71. The first kappa shape index (κ1) is 9.76. The van der Waals surface area contributed by atoms with Crippen LogP contribution in [0.2, 0.25) is 0 Å². The lowest BCUT2D eigenvalue weighted by molar-refractivity contribution is 0.106. The molecule has 0 fully saturated rings. The minimum absolute atomic E-state index is 0.526. The molecule has 0 amide bonds. The summed E-state index contributed by atoms with van der Waals surface area (Å²) < 4.78 is 5.87. The molecule has 0 spiro atoms. The third kappa shape index (κ3) is 1.84. The Morgan fingerprint density at radius 3 is 3.21 bits per heavy atom. The second kappa shape index (κ2) is 4.16. The molecule has 0 radical (unpaired) electrons. The lowest BCUT2D eigenvalue weighted by atomic mass is 10.0. The van der Waals surface area contributed by atoms with Crippen LogP contribution in [-0.4, -0.2) is 23.1 Å². The van der Waals surface area contributed by atoms with Gasteiger partial charge in [-0.3, -0.25) is 0 Å². The van der Waals surface area contributed by atoms with Crippen LogP contribution in [0.25, 0.3) is 0 Å². The summed E-state index contributed by atoms with van der Waals surface area (Å²) in [6.45, 7) is 1.98. The fourth-order valence-corrected chi connectivity index (χ4v) is 1.94. The van der Waals surface area contributed by atoms with E-state index in [0.717, 1.165) is 30.8 Å². The molecular weight excluding hydrogens is 198 g/mol. The van der Waals surface area contributed by atoms with Gasteiger partial charge in [-0.15, -0.1) is 0 Å². The Morgan fingerprint density at radius 2 is 2.43 bits per heavy atom. The summed E-state index contributed by atoms with van der Waals surface area (Å²) in [7, 11) is 0. The van der Waals surface area contributed by atoms with Gasteiger partial charge in [0.2, 0.25) is 0 Å². The van der Waals surface area contributed by atoms with Crippen LogP contribution in [0, 0.1) is 4.77 Å². The number of nitrogens with one attached hydrogen (secondary N) is 1. The Bertz CT molecular complexity index is 388. The largest absolute Gasteiger partial charge is 0.375 e. The first-order valence-electron chi connectivity index (χ1n) is 4.70. The van der Waals surface area contributed by atoms with Crippen molar-refractivity contribution < 1.29 is 4.74 Å². The number of hydrogen-bond donors (Lipinski definition) is 2. The van der Waals surface area contributed by atoms with Crippen molar-refractivity contribution >= 4 is 12.2 Å². The molecule has 0 bridgehead atoms. The van der Waals surface area contributed by atoms with Gasteiger partial charge in [0.15, 0.2) is 4.77 Å². The molecule has 1 aliphatic rings. The number of hydrogen-bond acceptors (Lipinski definition) is 4. The fraction of sp³-hybridized carbons (Fsp3) is 0.556.